The van der Waals surface area contributed by atoms with Crippen LogP contribution in [0, 0.1) is 17.7 Å². The molecule has 2 saturated heterocycles. The molecule has 2 aromatic rings. The number of hydrogen-bond donors (Lipinski definition) is 4. The molecule has 3 aliphatic rings. The van der Waals surface area contributed by atoms with Crippen LogP contribution in [0.15, 0.2) is 36.4 Å². The van der Waals surface area contributed by atoms with Gasteiger partial charge in [-0.05, 0) is 35.9 Å². The van der Waals surface area contributed by atoms with Crippen LogP contribution >= 0.6 is 0 Å². The number of rotatable bonds is 4. The number of methoxy groups -OCH3 is 1. The van der Waals surface area contributed by atoms with E-state index < -0.39 is 29.5 Å². The Kier molecular flexibility index (Phi) is 6.06. The molecular weight excluding hydrogens is 453 g/mol. The van der Waals surface area contributed by atoms with Crippen LogP contribution in [0.25, 0.3) is 0 Å². The molecule has 2 amide bonds. The second-order valence-electron chi connectivity index (χ2n) is 8.74. The molecule has 9 nitrogen and oxygen atoms in total. The number of aliphatic hydroxyl groups is 1. The molecule has 10 heteroatoms. The van der Waals surface area contributed by atoms with Gasteiger partial charge >= 0.3 is 0 Å². The lowest BCUT2D eigenvalue weighted by molar-refractivity contribution is -0.123. The number of ether oxygens (including phenoxy) is 1. The first-order chi connectivity index (χ1) is 16.9. The van der Waals surface area contributed by atoms with Gasteiger partial charge in [-0.15, -0.1) is 0 Å². The van der Waals surface area contributed by atoms with Gasteiger partial charge < -0.3 is 30.3 Å². The number of nitrogens with zero attached hydrogens (tertiary/aromatic N) is 2. The SMILES string of the molecule is COc1ccc2c(c1F)C(=O)N(CC1(C#Cc3ccc(N4CCNCC4)cc3)NC(O)NC1=O)C2. The lowest BCUT2D eigenvalue weighted by atomic mass is 9.99. The predicted molar refractivity (Wildman–Crippen MR) is 126 cm³/mol. The zero-order valence-electron chi connectivity index (χ0n) is 19.2. The minimum Gasteiger partial charge on any atom is -0.494 e. The predicted octanol–water partition coefficient (Wildman–Crippen LogP) is -0.0145. The Balaban J connectivity index is 1.39. The molecule has 35 heavy (non-hydrogen) atoms. The molecule has 2 aromatic carbocycles. The number of hydrogen-bond acceptors (Lipinski definition) is 7. The smallest absolute Gasteiger partial charge is 0.257 e. The Morgan fingerprint density at radius 3 is 2.57 bits per heavy atom. The number of carbonyl (C=O) groups is 2. The van der Waals surface area contributed by atoms with Crippen molar-refractivity contribution >= 4 is 17.5 Å². The van der Waals surface area contributed by atoms with Crippen molar-refractivity contribution in [2.24, 2.45) is 0 Å². The molecule has 5 rings (SSSR count). The summed E-state index contributed by atoms with van der Waals surface area (Å²) in [4.78, 5) is 29.5. The number of nitrogens with one attached hydrogen (secondary N) is 3. The maximum absolute atomic E-state index is 14.7. The van der Waals surface area contributed by atoms with E-state index in [1.54, 1.807) is 6.07 Å². The van der Waals surface area contributed by atoms with Crippen molar-refractivity contribution in [3.8, 4) is 17.6 Å². The number of halogens is 1. The maximum atomic E-state index is 14.7. The largest absolute Gasteiger partial charge is 0.494 e. The van der Waals surface area contributed by atoms with Crippen molar-refractivity contribution in [3.05, 3.63) is 58.9 Å². The van der Waals surface area contributed by atoms with E-state index in [9.17, 15) is 19.1 Å². The highest BCUT2D eigenvalue weighted by atomic mass is 19.1. The summed E-state index contributed by atoms with van der Waals surface area (Å²) in [6.07, 6.45) is -1.32. The van der Waals surface area contributed by atoms with Gasteiger partial charge in [0.05, 0.1) is 19.2 Å². The van der Waals surface area contributed by atoms with E-state index >= 15 is 0 Å². The van der Waals surface area contributed by atoms with Crippen LogP contribution < -0.4 is 25.6 Å². The number of carbonyl (C=O) groups excluding carboxylic acids is 2. The van der Waals surface area contributed by atoms with Crippen LogP contribution in [-0.2, 0) is 11.3 Å². The number of aliphatic hydroxyl groups excluding tert-OH is 1. The summed E-state index contributed by atoms with van der Waals surface area (Å²) in [6, 6.07) is 10.8. The zero-order chi connectivity index (χ0) is 24.6. The summed E-state index contributed by atoms with van der Waals surface area (Å²) in [5.41, 5.74) is 0.645. The first kappa shape index (κ1) is 23.1. The fourth-order valence-corrected chi connectivity index (χ4v) is 4.66. The van der Waals surface area contributed by atoms with Gasteiger partial charge in [-0.2, -0.15) is 0 Å². The standard InChI is InChI=1S/C25H26FN5O4/c1-35-19-7-4-17-14-31(22(32)20(17)21(19)26)15-25(23(33)28-24(34)29-25)9-8-16-2-5-18(6-3-16)30-12-10-27-11-13-30/h2-7,24,27,29,34H,10-15H2,1H3,(H,28,33). The number of piperazine rings is 1. The van der Waals surface area contributed by atoms with Crippen LogP contribution in [0.4, 0.5) is 10.1 Å². The lowest BCUT2D eigenvalue weighted by Gasteiger charge is -2.29. The van der Waals surface area contributed by atoms with Crippen molar-refractivity contribution in [3.63, 3.8) is 0 Å². The van der Waals surface area contributed by atoms with Gasteiger partial charge in [0.2, 0.25) is 0 Å². The average molecular weight is 480 g/mol. The van der Waals surface area contributed by atoms with Gasteiger partial charge in [-0.25, -0.2) is 9.71 Å². The summed E-state index contributed by atoms with van der Waals surface area (Å²) in [6.45, 7) is 3.66. The van der Waals surface area contributed by atoms with E-state index in [1.165, 1.54) is 18.1 Å². The summed E-state index contributed by atoms with van der Waals surface area (Å²) >= 11 is 0. The van der Waals surface area contributed by atoms with Gasteiger partial charge in [-0.1, -0.05) is 17.9 Å². The van der Waals surface area contributed by atoms with E-state index in [1.807, 2.05) is 24.3 Å². The molecule has 182 valence electrons. The molecule has 2 atom stereocenters. The first-order valence-corrected chi connectivity index (χ1v) is 11.4. The molecule has 2 unspecified atom stereocenters. The Labute approximate surface area is 202 Å². The highest BCUT2D eigenvalue weighted by molar-refractivity contribution is 6.00. The van der Waals surface area contributed by atoms with Crippen molar-refractivity contribution in [2.75, 3.05) is 44.7 Å². The second kappa shape index (κ2) is 9.19. The lowest BCUT2D eigenvalue weighted by Crippen LogP contribution is -2.55. The van der Waals surface area contributed by atoms with Crippen LogP contribution in [0.3, 0.4) is 0 Å². The van der Waals surface area contributed by atoms with Crippen molar-refractivity contribution in [1.82, 2.24) is 20.9 Å². The summed E-state index contributed by atoms with van der Waals surface area (Å²) in [5.74, 6) is 4.06. The normalized spacial score (nSPS) is 23.6. The molecule has 4 N–H and O–H groups in total. The minimum atomic E-state index is -1.56. The van der Waals surface area contributed by atoms with E-state index in [4.69, 9.17) is 4.74 Å². The summed E-state index contributed by atoms with van der Waals surface area (Å²) in [7, 11) is 1.33. The van der Waals surface area contributed by atoms with Gasteiger partial charge in [0.25, 0.3) is 11.8 Å². The third-order valence-corrected chi connectivity index (χ3v) is 6.51. The summed E-state index contributed by atoms with van der Waals surface area (Å²) < 4.78 is 19.7. The summed E-state index contributed by atoms with van der Waals surface area (Å²) in [5, 5.41) is 18.5. The number of anilines is 1. The minimum absolute atomic E-state index is 0.0233. The van der Waals surface area contributed by atoms with Gasteiger partial charge in [-0.3, -0.25) is 9.59 Å². The topological polar surface area (TPSA) is 106 Å². The Morgan fingerprint density at radius 1 is 1.17 bits per heavy atom. The average Bonchev–Trinajstić information content (AvgIpc) is 3.34. The zero-order valence-corrected chi connectivity index (χ0v) is 19.2. The second-order valence-corrected chi connectivity index (χ2v) is 8.74. The van der Waals surface area contributed by atoms with Crippen molar-refractivity contribution < 1.29 is 23.8 Å². The monoisotopic (exact) mass is 479 g/mol. The van der Waals surface area contributed by atoms with Crippen LogP contribution in [-0.4, -0.2) is 73.5 Å². The number of fused-ring (bicyclic) bond motifs is 1. The van der Waals surface area contributed by atoms with E-state index in [-0.39, 0.29) is 24.4 Å². The van der Waals surface area contributed by atoms with Crippen molar-refractivity contribution in [2.45, 2.75) is 18.4 Å². The number of benzene rings is 2. The van der Waals surface area contributed by atoms with Gasteiger partial charge in [0.15, 0.2) is 23.5 Å². The molecule has 3 aliphatic heterocycles. The molecule has 0 saturated carbocycles. The highest BCUT2D eigenvalue weighted by Gasteiger charge is 2.48. The maximum Gasteiger partial charge on any atom is 0.257 e. The van der Waals surface area contributed by atoms with Gasteiger partial charge in [0.1, 0.15) is 0 Å². The third kappa shape index (κ3) is 4.30. The van der Waals surface area contributed by atoms with E-state index in [0.717, 1.165) is 31.9 Å². The third-order valence-electron chi connectivity index (χ3n) is 6.51. The molecule has 0 bridgehead atoms. The molecule has 0 radical (unpaired) electrons. The van der Waals surface area contributed by atoms with Crippen molar-refractivity contribution in [1.29, 1.82) is 0 Å². The molecule has 0 aromatic heterocycles. The Morgan fingerprint density at radius 2 is 1.91 bits per heavy atom. The van der Waals surface area contributed by atoms with Crippen LogP contribution in [0.2, 0.25) is 0 Å². The molecule has 2 fully saturated rings. The quantitative estimate of drug-likeness (QED) is 0.457. The van der Waals surface area contributed by atoms with E-state index in [0.29, 0.717) is 11.1 Å². The fraction of sp³-hybridized carbons (Fsp3) is 0.360. The van der Waals surface area contributed by atoms with Crippen LogP contribution in [0.1, 0.15) is 21.5 Å². The highest BCUT2D eigenvalue weighted by Crippen LogP contribution is 2.32. The van der Waals surface area contributed by atoms with Crippen LogP contribution in [0.5, 0.6) is 5.75 Å². The number of amides is 2. The van der Waals surface area contributed by atoms with E-state index in [2.05, 4.69) is 32.7 Å². The van der Waals surface area contributed by atoms with Gasteiger partial charge in [0, 0.05) is 44.0 Å². The molecule has 0 spiro atoms. The Hall–Kier alpha value is -3.65. The molecular formula is C25H26FN5O4. The molecule has 3 heterocycles. The fourth-order valence-electron chi connectivity index (χ4n) is 4.66. The first-order valence-electron chi connectivity index (χ1n) is 11.4. The Bertz CT molecular complexity index is 1220. The molecule has 0 aliphatic carbocycles.